The van der Waals surface area contributed by atoms with Crippen molar-refractivity contribution in [2.75, 3.05) is 0 Å². The molecule has 0 spiro atoms. The summed E-state index contributed by atoms with van der Waals surface area (Å²) in [5, 5.41) is 4.36. The van der Waals surface area contributed by atoms with Gasteiger partial charge in [-0.15, -0.1) is 0 Å². The Morgan fingerprint density at radius 3 is 2.58 bits per heavy atom. The van der Waals surface area contributed by atoms with Gasteiger partial charge in [-0.1, -0.05) is 33.8 Å². The number of aromatic nitrogens is 2. The molecular formula is C16H21FN2. The van der Waals surface area contributed by atoms with Crippen LogP contribution in [0.3, 0.4) is 0 Å². The molecule has 0 aliphatic carbocycles. The molecule has 2 aromatic rings. The van der Waals surface area contributed by atoms with E-state index in [1.54, 1.807) is 6.07 Å². The predicted octanol–water partition coefficient (Wildman–Crippen LogP) is 4.47. The molecule has 0 radical (unpaired) electrons. The molecule has 2 rings (SSSR count). The van der Waals surface area contributed by atoms with E-state index >= 15 is 0 Å². The van der Waals surface area contributed by atoms with E-state index in [9.17, 15) is 4.39 Å². The molecule has 1 aromatic heterocycles. The average molecular weight is 260 g/mol. The van der Waals surface area contributed by atoms with Gasteiger partial charge in [0.2, 0.25) is 0 Å². The lowest BCUT2D eigenvalue weighted by Crippen LogP contribution is -2.04. The summed E-state index contributed by atoms with van der Waals surface area (Å²) in [6.07, 6.45) is 3.82. The molecule has 2 nitrogen and oxygen atoms in total. The minimum atomic E-state index is -0.198. The fourth-order valence-corrected chi connectivity index (χ4v) is 2.26. The second-order valence-electron chi connectivity index (χ2n) is 5.73. The maximum Gasteiger partial charge on any atom is 0.123 e. The molecule has 1 aromatic carbocycles. The van der Waals surface area contributed by atoms with Crippen molar-refractivity contribution in [3.05, 3.63) is 42.0 Å². The van der Waals surface area contributed by atoms with Crippen molar-refractivity contribution in [2.45, 2.75) is 40.2 Å². The van der Waals surface area contributed by atoms with Gasteiger partial charge < -0.3 is 0 Å². The van der Waals surface area contributed by atoms with Crippen LogP contribution in [-0.2, 0) is 6.54 Å². The topological polar surface area (TPSA) is 17.8 Å². The van der Waals surface area contributed by atoms with Crippen LogP contribution in [0.4, 0.5) is 4.39 Å². The highest BCUT2D eigenvalue weighted by molar-refractivity contribution is 5.66. The molecular weight excluding hydrogens is 239 g/mol. The van der Waals surface area contributed by atoms with E-state index in [-0.39, 0.29) is 5.82 Å². The van der Waals surface area contributed by atoms with Crippen LogP contribution in [0.15, 0.2) is 30.6 Å². The minimum absolute atomic E-state index is 0.198. The third-order valence-electron chi connectivity index (χ3n) is 3.13. The van der Waals surface area contributed by atoms with Crippen LogP contribution in [0, 0.1) is 11.7 Å². The Balaban J connectivity index is 2.40. The van der Waals surface area contributed by atoms with Crippen molar-refractivity contribution >= 4 is 0 Å². The maximum absolute atomic E-state index is 13.5. The van der Waals surface area contributed by atoms with E-state index in [4.69, 9.17) is 0 Å². The summed E-state index contributed by atoms with van der Waals surface area (Å²) >= 11 is 0. The molecule has 0 bridgehead atoms. The number of hydrogen-bond donors (Lipinski definition) is 0. The Labute approximate surface area is 114 Å². The maximum atomic E-state index is 13.5. The molecule has 0 fully saturated rings. The standard InChI is InChI=1S/C16H21FN2/c1-11(2)9-19-10-13(8-18-19)16-7-14(17)5-6-15(16)12(3)4/h5-8,10-12H,9H2,1-4H3. The Bertz CT molecular complexity index is 556. The van der Waals surface area contributed by atoms with Crippen LogP contribution in [0.2, 0.25) is 0 Å². The number of rotatable bonds is 4. The Morgan fingerprint density at radius 1 is 1.21 bits per heavy atom. The molecule has 1 heterocycles. The first-order valence-corrected chi connectivity index (χ1v) is 6.79. The van der Waals surface area contributed by atoms with Crippen molar-refractivity contribution < 1.29 is 4.39 Å². The summed E-state index contributed by atoms with van der Waals surface area (Å²) in [4.78, 5) is 0. The lowest BCUT2D eigenvalue weighted by molar-refractivity contribution is 0.483. The zero-order valence-electron chi connectivity index (χ0n) is 12.0. The summed E-state index contributed by atoms with van der Waals surface area (Å²) in [5.74, 6) is 0.713. The first kappa shape index (κ1) is 13.8. The third kappa shape index (κ3) is 3.22. The van der Waals surface area contributed by atoms with E-state index in [0.29, 0.717) is 11.8 Å². The van der Waals surface area contributed by atoms with E-state index in [1.165, 1.54) is 6.07 Å². The summed E-state index contributed by atoms with van der Waals surface area (Å²) in [6.45, 7) is 9.43. The molecule has 0 saturated heterocycles. The average Bonchev–Trinajstić information content (AvgIpc) is 2.75. The van der Waals surface area contributed by atoms with Crippen LogP contribution >= 0.6 is 0 Å². The fraction of sp³-hybridized carbons (Fsp3) is 0.438. The molecule has 19 heavy (non-hydrogen) atoms. The fourth-order valence-electron chi connectivity index (χ4n) is 2.26. The van der Waals surface area contributed by atoms with E-state index in [2.05, 4.69) is 32.8 Å². The van der Waals surface area contributed by atoms with Gasteiger partial charge >= 0.3 is 0 Å². The molecule has 0 aliphatic heterocycles. The molecule has 0 atom stereocenters. The van der Waals surface area contributed by atoms with Gasteiger partial charge in [0.05, 0.1) is 6.20 Å². The van der Waals surface area contributed by atoms with Crippen molar-refractivity contribution in [1.82, 2.24) is 9.78 Å². The summed E-state index contributed by atoms with van der Waals surface area (Å²) in [6, 6.07) is 5.00. The molecule has 0 amide bonds. The summed E-state index contributed by atoms with van der Waals surface area (Å²) in [5.41, 5.74) is 3.10. The predicted molar refractivity (Wildman–Crippen MR) is 76.5 cm³/mol. The van der Waals surface area contributed by atoms with Crippen molar-refractivity contribution in [1.29, 1.82) is 0 Å². The van der Waals surface area contributed by atoms with Gasteiger partial charge in [0, 0.05) is 18.3 Å². The molecule has 0 N–H and O–H groups in total. The van der Waals surface area contributed by atoms with Crippen molar-refractivity contribution in [2.24, 2.45) is 5.92 Å². The number of halogens is 1. The monoisotopic (exact) mass is 260 g/mol. The Hall–Kier alpha value is -1.64. The number of hydrogen-bond acceptors (Lipinski definition) is 1. The summed E-state index contributed by atoms with van der Waals surface area (Å²) < 4.78 is 15.4. The zero-order chi connectivity index (χ0) is 14.0. The van der Waals surface area contributed by atoms with Gasteiger partial charge in [0.25, 0.3) is 0 Å². The van der Waals surface area contributed by atoms with Gasteiger partial charge in [0.15, 0.2) is 0 Å². The van der Waals surface area contributed by atoms with Gasteiger partial charge in [-0.2, -0.15) is 5.10 Å². The highest BCUT2D eigenvalue weighted by Crippen LogP contribution is 2.29. The van der Waals surface area contributed by atoms with E-state index in [0.717, 1.165) is 23.2 Å². The first-order valence-electron chi connectivity index (χ1n) is 6.79. The van der Waals surface area contributed by atoms with Crippen LogP contribution in [0.5, 0.6) is 0 Å². The molecule has 3 heteroatoms. The van der Waals surface area contributed by atoms with Gasteiger partial charge in [-0.3, -0.25) is 4.68 Å². The largest absolute Gasteiger partial charge is 0.272 e. The van der Waals surface area contributed by atoms with Crippen molar-refractivity contribution in [3.8, 4) is 11.1 Å². The van der Waals surface area contributed by atoms with Crippen LogP contribution < -0.4 is 0 Å². The quantitative estimate of drug-likeness (QED) is 0.793. The minimum Gasteiger partial charge on any atom is -0.272 e. The molecule has 0 unspecified atom stereocenters. The Morgan fingerprint density at radius 2 is 1.95 bits per heavy atom. The molecule has 102 valence electrons. The van der Waals surface area contributed by atoms with Crippen molar-refractivity contribution in [3.63, 3.8) is 0 Å². The smallest absolute Gasteiger partial charge is 0.123 e. The second kappa shape index (κ2) is 5.55. The van der Waals surface area contributed by atoms with Gasteiger partial charge in [-0.25, -0.2) is 4.39 Å². The molecule has 0 saturated carbocycles. The Kier molecular flexibility index (Phi) is 4.03. The van der Waals surface area contributed by atoms with Crippen LogP contribution in [0.25, 0.3) is 11.1 Å². The van der Waals surface area contributed by atoms with Crippen LogP contribution in [0.1, 0.15) is 39.2 Å². The van der Waals surface area contributed by atoms with E-state index in [1.807, 2.05) is 23.1 Å². The third-order valence-corrected chi connectivity index (χ3v) is 3.13. The summed E-state index contributed by atoms with van der Waals surface area (Å²) in [7, 11) is 0. The van der Waals surface area contributed by atoms with Gasteiger partial charge in [-0.05, 0) is 35.1 Å². The zero-order valence-corrected chi connectivity index (χ0v) is 12.0. The van der Waals surface area contributed by atoms with Crippen LogP contribution in [-0.4, -0.2) is 9.78 Å². The lowest BCUT2D eigenvalue weighted by Gasteiger charge is -2.11. The highest BCUT2D eigenvalue weighted by Gasteiger charge is 2.12. The van der Waals surface area contributed by atoms with E-state index < -0.39 is 0 Å². The normalized spacial score (nSPS) is 11.5. The molecule has 0 aliphatic rings. The highest BCUT2D eigenvalue weighted by atomic mass is 19.1. The first-order chi connectivity index (χ1) is 8.97. The van der Waals surface area contributed by atoms with Gasteiger partial charge in [0.1, 0.15) is 5.82 Å². The number of nitrogens with zero attached hydrogens (tertiary/aromatic N) is 2. The SMILES string of the molecule is CC(C)Cn1cc(-c2cc(F)ccc2C(C)C)cn1. The lowest BCUT2D eigenvalue weighted by atomic mass is 9.94. The second-order valence-corrected chi connectivity index (χ2v) is 5.73. The number of benzene rings is 1.